The molecular formula is C13H21N3O3. The van der Waals surface area contributed by atoms with Gasteiger partial charge in [0.05, 0.1) is 0 Å². The molecule has 0 aromatic carbocycles. The molecule has 19 heavy (non-hydrogen) atoms. The lowest BCUT2D eigenvalue weighted by molar-refractivity contribution is -0.136. The van der Waals surface area contributed by atoms with Crippen molar-refractivity contribution < 1.29 is 14.4 Å². The molecule has 1 fully saturated rings. The molecule has 1 saturated heterocycles. The first-order chi connectivity index (χ1) is 9.04. The molecule has 1 aromatic rings. The quantitative estimate of drug-likeness (QED) is 0.867. The average Bonchev–Trinajstić information content (AvgIpc) is 2.76. The van der Waals surface area contributed by atoms with Crippen LogP contribution < -0.4 is 0 Å². The molecule has 1 N–H and O–H groups in total. The lowest BCUT2D eigenvalue weighted by Crippen LogP contribution is -2.40. The van der Waals surface area contributed by atoms with Crippen molar-refractivity contribution in [3.8, 4) is 0 Å². The number of rotatable bonds is 5. The van der Waals surface area contributed by atoms with Gasteiger partial charge in [0.1, 0.15) is 6.42 Å². The second kappa shape index (κ2) is 6.14. The summed E-state index contributed by atoms with van der Waals surface area (Å²) in [4.78, 5) is 17.2. The molecule has 2 rings (SSSR count). The third kappa shape index (κ3) is 4.02. The van der Waals surface area contributed by atoms with Gasteiger partial charge in [-0.1, -0.05) is 5.16 Å². The Balaban J connectivity index is 1.89. The van der Waals surface area contributed by atoms with Crippen molar-refractivity contribution in [2.75, 3.05) is 13.1 Å². The summed E-state index contributed by atoms with van der Waals surface area (Å²) < 4.78 is 5.12. The second-order valence-electron chi connectivity index (χ2n) is 5.48. The molecular weight excluding hydrogens is 246 g/mol. The predicted molar refractivity (Wildman–Crippen MR) is 68.8 cm³/mol. The summed E-state index contributed by atoms with van der Waals surface area (Å²) in [5.41, 5.74) is 0. The number of carboxylic acids is 1. The van der Waals surface area contributed by atoms with Crippen LogP contribution in [-0.4, -0.2) is 45.2 Å². The Morgan fingerprint density at radius 3 is 3.05 bits per heavy atom. The zero-order valence-corrected chi connectivity index (χ0v) is 11.5. The molecule has 1 aliphatic rings. The van der Waals surface area contributed by atoms with Crippen LogP contribution in [0.5, 0.6) is 0 Å². The number of likely N-dealkylation sites (tertiary alicyclic amines) is 1. The number of carboxylic acid groups (broad SMARTS) is 1. The number of piperidine rings is 1. The highest BCUT2D eigenvalue weighted by atomic mass is 16.5. The molecule has 1 unspecified atom stereocenters. The van der Waals surface area contributed by atoms with Crippen molar-refractivity contribution in [3.63, 3.8) is 0 Å². The summed E-state index contributed by atoms with van der Waals surface area (Å²) in [6.45, 7) is 6.62. The first-order valence-corrected chi connectivity index (χ1v) is 6.82. The molecule has 2 heterocycles. The molecule has 1 aliphatic heterocycles. The Labute approximate surface area is 112 Å². The summed E-state index contributed by atoms with van der Waals surface area (Å²) in [5, 5.41) is 12.4. The molecule has 0 saturated carbocycles. The highest BCUT2D eigenvalue weighted by Crippen LogP contribution is 2.21. The van der Waals surface area contributed by atoms with Gasteiger partial charge in [-0.25, -0.2) is 0 Å². The smallest absolute Gasteiger partial charge is 0.311 e. The van der Waals surface area contributed by atoms with Gasteiger partial charge in [0, 0.05) is 19.0 Å². The fourth-order valence-corrected chi connectivity index (χ4v) is 2.56. The standard InChI is InChI=1S/C13H21N3O3/c1-9(2)16-5-3-4-10(8-16)6-12-14-11(15-19-12)7-13(17)18/h9-10H,3-8H2,1-2H3,(H,17,18). The third-order valence-corrected chi connectivity index (χ3v) is 3.56. The average molecular weight is 267 g/mol. The van der Waals surface area contributed by atoms with E-state index in [-0.39, 0.29) is 12.2 Å². The number of carbonyl (C=O) groups is 1. The van der Waals surface area contributed by atoms with Crippen molar-refractivity contribution in [1.82, 2.24) is 15.0 Å². The monoisotopic (exact) mass is 267 g/mol. The SMILES string of the molecule is CC(C)N1CCCC(Cc2nc(CC(=O)O)no2)C1. The van der Waals surface area contributed by atoms with Gasteiger partial charge in [-0.15, -0.1) is 0 Å². The van der Waals surface area contributed by atoms with Crippen LogP contribution in [0.1, 0.15) is 38.4 Å². The van der Waals surface area contributed by atoms with Gasteiger partial charge in [0.15, 0.2) is 5.82 Å². The Morgan fingerprint density at radius 2 is 2.37 bits per heavy atom. The Bertz CT molecular complexity index is 431. The van der Waals surface area contributed by atoms with E-state index in [2.05, 4.69) is 28.9 Å². The van der Waals surface area contributed by atoms with E-state index >= 15 is 0 Å². The van der Waals surface area contributed by atoms with E-state index in [9.17, 15) is 4.79 Å². The van der Waals surface area contributed by atoms with E-state index in [1.165, 1.54) is 12.8 Å². The van der Waals surface area contributed by atoms with Gasteiger partial charge in [-0.2, -0.15) is 4.98 Å². The van der Waals surface area contributed by atoms with Crippen LogP contribution in [0.2, 0.25) is 0 Å². The maximum Gasteiger partial charge on any atom is 0.311 e. The fourth-order valence-electron chi connectivity index (χ4n) is 2.56. The number of aliphatic carboxylic acids is 1. The molecule has 1 aromatic heterocycles. The van der Waals surface area contributed by atoms with E-state index in [4.69, 9.17) is 9.63 Å². The van der Waals surface area contributed by atoms with E-state index in [0.29, 0.717) is 17.9 Å². The largest absolute Gasteiger partial charge is 0.481 e. The zero-order chi connectivity index (χ0) is 13.8. The molecule has 0 amide bonds. The number of nitrogens with zero attached hydrogens (tertiary/aromatic N) is 3. The van der Waals surface area contributed by atoms with E-state index in [0.717, 1.165) is 19.5 Å². The molecule has 1 atom stereocenters. The van der Waals surface area contributed by atoms with E-state index in [1.54, 1.807) is 0 Å². The summed E-state index contributed by atoms with van der Waals surface area (Å²) in [5.74, 6) is 0.413. The Morgan fingerprint density at radius 1 is 1.58 bits per heavy atom. The van der Waals surface area contributed by atoms with Gasteiger partial charge < -0.3 is 14.5 Å². The van der Waals surface area contributed by atoms with Gasteiger partial charge >= 0.3 is 5.97 Å². The van der Waals surface area contributed by atoms with Gasteiger partial charge in [-0.05, 0) is 39.2 Å². The molecule has 6 heteroatoms. The summed E-state index contributed by atoms with van der Waals surface area (Å²) in [6, 6.07) is 0.563. The maximum absolute atomic E-state index is 10.6. The van der Waals surface area contributed by atoms with Gasteiger partial charge in [-0.3, -0.25) is 4.79 Å². The van der Waals surface area contributed by atoms with E-state index < -0.39 is 5.97 Å². The highest BCUT2D eigenvalue weighted by Gasteiger charge is 2.23. The van der Waals surface area contributed by atoms with Crippen LogP contribution in [0.15, 0.2) is 4.52 Å². The molecule has 0 radical (unpaired) electrons. The Kier molecular flexibility index (Phi) is 4.52. The number of hydrogen-bond donors (Lipinski definition) is 1. The first kappa shape index (κ1) is 14.0. The summed E-state index contributed by atoms with van der Waals surface area (Å²) >= 11 is 0. The topological polar surface area (TPSA) is 79.5 Å². The minimum atomic E-state index is -0.934. The van der Waals surface area contributed by atoms with Crippen LogP contribution in [0.3, 0.4) is 0 Å². The fraction of sp³-hybridized carbons (Fsp3) is 0.769. The van der Waals surface area contributed by atoms with Crippen molar-refractivity contribution in [1.29, 1.82) is 0 Å². The van der Waals surface area contributed by atoms with Gasteiger partial charge in [0.25, 0.3) is 0 Å². The predicted octanol–water partition coefficient (Wildman–Crippen LogP) is 1.36. The molecule has 0 spiro atoms. The molecule has 0 bridgehead atoms. The third-order valence-electron chi connectivity index (χ3n) is 3.56. The Hall–Kier alpha value is -1.43. The molecule has 106 valence electrons. The lowest BCUT2D eigenvalue weighted by Gasteiger charge is -2.34. The van der Waals surface area contributed by atoms with Crippen LogP contribution >= 0.6 is 0 Å². The molecule has 6 nitrogen and oxygen atoms in total. The minimum absolute atomic E-state index is 0.174. The van der Waals surface area contributed by atoms with Crippen molar-refractivity contribution in [2.45, 2.75) is 45.6 Å². The van der Waals surface area contributed by atoms with Crippen molar-refractivity contribution in [2.24, 2.45) is 5.92 Å². The van der Waals surface area contributed by atoms with Crippen molar-refractivity contribution >= 4 is 5.97 Å². The lowest BCUT2D eigenvalue weighted by atomic mass is 9.94. The zero-order valence-electron chi connectivity index (χ0n) is 11.5. The minimum Gasteiger partial charge on any atom is -0.481 e. The normalized spacial score (nSPS) is 20.9. The van der Waals surface area contributed by atoms with Crippen molar-refractivity contribution in [3.05, 3.63) is 11.7 Å². The maximum atomic E-state index is 10.6. The molecule has 0 aliphatic carbocycles. The summed E-state index contributed by atoms with van der Waals surface area (Å²) in [7, 11) is 0. The van der Waals surface area contributed by atoms with Crippen LogP contribution in [0.4, 0.5) is 0 Å². The van der Waals surface area contributed by atoms with Crippen LogP contribution in [0.25, 0.3) is 0 Å². The van der Waals surface area contributed by atoms with Crippen LogP contribution in [0, 0.1) is 5.92 Å². The highest BCUT2D eigenvalue weighted by molar-refractivity contribution is 5.68. The number of aromatic nitrogens is 2. The summed E-state index contributed by atoms with van der Waals surface area (Å²) in [6.07, 6.45) is 2.93. The first-order valence-electron chi connectivity index (χ1n) is 6.82. The van der Waals surface area contributed by atoms with Gasteiger partial charge in [0.2, 0.25) is 5.89 Å². The second-order valence-corrected chi connectivity index (χ2v) is 5.48. The number of hydrogen-bond acceptors (Lipinski definition) is 5. The van der Waals surface area contributed by atoms with Crippen LogP contribution in [-0.2, 0) is 17.6 Å². The van der Waals surface area contributed by atoms with E-state index in [1.807, 2.05) is 0 Å².